The number of aliphatic carboxylic acids is 1. The SMILES string of the molecule is C=C(COCC(Cl)(Cl)Cl)C(=O)O. The van der Waals surface area contributed by atoms with Crippen LogP contribution in [0.5, 0.6) is 0 Å². The average Bonchev–Trinajstić information content (AvgIpc) is 1.84. The van der Waals surface area contributed by atoms with Crippen molar-refractivity contribution in [3.8, 4) is 0 Å². The van der Waals surface area contributed by atoms with Gasteiger partial charge in [0.05, 0.1) is 18.8 Å². The van der Waals surface area contributed by atoms with Crippen molar-refractivity contribution < 1.29 is 14.6 Å². The van der Waals surface area contributed by atoms with Gasteiger partial charge in [-0.3, -0.25) is 0 Å². The fourth-order valence-corrected chi connectivity index (χ4v) is 0.583. The molecule has 0 saturated heterocycles. The number of alkyl halides is 3. The molecular weight excluding hydrogens is 226 g/mol. The maximum absolute atomic E-state index is 10.2. The van der Waals surface area contributed by atoms with Gasteiger partial charge in [0.15, 0.2) is 0 Å². The van der Waals surface area contributed by atoms with E-state index in [1.54, 1.807) is 0 Å². The Bertz CT molecular complexity index is 185. The first-order chi connectivity index (χ1) is 5.33. The molecule has 0 heterocycles. The first-order valence-electron chi connectivity index (χ1n) is 2.88. The number of carboxylic acid groups (broad SMARTS) is 1. The van der Waals surface area contributed by atoms with Gasteiger partial charge in [0.25, 0.3) is 0 Å². The van der Waals surface area contributed by atoms with Gasteiger partial charge in [0, 0.05) is 0 Å². The summed E-state index contributed by atoms with van der Waals surface area (Å²) in [5, 5.41) is 8.33. The number of hydrogen-bond donors (Lipinski definition) is 1. The highest BCUT2D eigenvalue weighted by atomic mass is 35.6. The number of ether oxygens (including phenoxy) is 1. The van der Waals surface area contributed by atoms with Crippen LogP contribution >= 0.6 is 34.8 Å². The molecule has 0 amide bonds. The van der Waals surface area contributed by atoms with Crippen molar-refractivity contribution in [2.45, 2.75) is 3.79 Å². The highest BCUT2D eigenvalue weighted by Crippen LogP contribution is 2.25. The largest absolute Gasteiger partial charge is 0.478 e. The van der Waals surface area contributed by atoms with Crippen LogP contribution in [-0.4, -0.2) is 28.1 Å². The highest BCUT2D eigenvalue weighted by molar-refractivity contribution is 6.67. The third-order valence-corrected chi connectivity index (χ3v) is 1.17. The lowest BCUT2D eigenvalue weighted by molar-refractivity contribution is -0.133. The third kappa shape index (κ3) is 6.73. The second-order valence-electron chi connectivity index (χ2n) is 2.02. The Morgan fingerprint density at radius 2 is 2.00 bits per heavy atom. The lowest BCUT2D eigenvalue weighted by Gasteiger charge is -2.10. The first kappa shape index (κ1) is 12.0. The van der Waals surface area contributed by atoms with Crippen molar-refractivity contribution in [1.82, 2.24) is 0 Å². The topological polar surface area (TPSA) is 46.5 Å². The minimum atomic E-state index is -1.52. The van der Waals surface area contributed by atoms with Crippen LogP contribution in [0.2, 0.25) is 0 Å². The molecule has 0 radical (unpaired) electrons. The van der Waals surface area contributed by atoms with Crippen molar-refractivity contribution in [1.29, 1.82) is 0 Å². The molecule has 3 nitrogen and oxygen atoms in total. The predicted octanol–water partition coefficient (Wildman–Crippen LogP) is 2.01. The van der Waals surface area contributed by atoms with Crippen LogP contribution < -0.4 is 0 Å². The van der Waals surface area contributed by atoms with Crippen molar-refractivity contribution in [2.24, 2.45) is 0 Å². The molecule has 0 aliphatic heterocycles. The summed E-state index contributed by atoms with van der Waals surface area (Å²) in [6, 6.07) is 0. The number of carbonyl (C=O) groups is 1. The molecule has 0 aromatic rings. The molecule has 12 heavy (non-hydrogen) atoms. The predicted molar refractivity (Wildman–Crippen MR) is 47.9 cm³/mol. The minimum absolute atomic E-state index is 0.0794. The molecule has 70 valence electrons. The van der Waals surface area contributed by atoms with Gasteiger partial charge >= 0.3 is 5.97 Å². The summed E-state index contributed by atoms with van der Waals surface area (Å²) < 4.78 is 3.23. The molecule has 0 fully saturated rings. The maximum atomic E-state index is 10.2. The fourth-order valence-electron chi connectivity index (χ4n) is 0.352. The van der Waals surface area contributed by atoms with Crippen LogP contribution in [0.1, 0.15) is 0 Å². The Morgan fingerprint density at radius 3 is 2.33 bits per heavy atom. The molecule has 6 heteroatoms. The van der Waals surface area contributed by atoms with Crippen molar-refractivity contribution in [2.75, 3.05) is 13.2 Å². The molecule has 0 aliphatic rings. The van der Waals surface area contributed by atoms with Gasteiger partial charge in [-0.1, -0.05) is 41.4 Å². The molecule has 0 aromatic carbocycles. The van der Waals surface area contributed by atoms with Crippen LogP contribution in [0.3, 0.4) is 0 Å². The van der Waals surface area contributed by atoms with Crippen molar-refractivity contribution in [3.63, 3.8) is 0 Å². The number of rotatable bonds is 4. The van der Waals surface area contributed by atoms with E-state index in [0.29, 0.717) is 0 Å². The summed E-state index contributed by atoms with van der Waals surface area (Å²) in [7, 11) is 0. The number of halogens is 3. The lowest BCUT2D eigenvalue weighted by atomic mass is 10.3. The van der Waals surface area contributed by atoms with Gasteiger partial charge in [-0.05, 0) is 0 Å². The van der Waals surface area contributed by atoms with Gasteiger partial charge in [-0.15, -0.1) is 0 Å². The van der Waals surface area contributed by atoms with E-state index in [9.17, 15) is 4.79 Å². The zero-order valence-electron chi connectivity index (χ0n) is 6.02. The second-order valence-corrected chi connectivity index (χ2v) is 4.53. The zero-order valence-corrected chi connectivity index (χ0v) is 8.29. The molecule has 1 N–H and O–H groups in total. The second kappa shape index (κ2) is 4.92. The van der Waals surface area contributed by atoms with Crippen LogP contribution in [-0.2, 0) is 9.53 Å². The summed E-state index contributed by atoms with van der Waals surface area (Å²) >= 11 is 16.0. The lowest BCUT2D eigenvalue weighted by Crippen LogP contribution is -2.16. The van der Waals surface area contributed by atoms with E-state index in [2.05, 4.69) is 6.58 Å². The van der Waals surface area contributed by atoms with E-state index in [1.807, 2.05) is 0 Å². The van der Waals surface area contributed by atoms with E-state index >= 15 is 0 Å². The third-order valence-electron chi connectivity index (χ3n) is 0.844. The van der Waals surface area contributed by atoms with Crippen LogP contribution in [0, 0.1) is 0 Å². The van der Waals surface area contributed by atoms with Crippen molar-refractivity contribution in [3.05, 3.63) is 12.2 Å². The minimum Gasteiger partial charge on any atom is -0.478 e. The van der Waals surface area contributed by atoms with Gasteiger partial charge in [0.1, 0.15) is 0 Å². The summed E-state index contributed by atoms with van der Waals surface area (Å²) in [6.45, 7) is 2.91. The molecule has 0 aliphatic carbocycles. The summed E-state index contributed by atoms with van der Waals surface area (Å²) in [5.41, 5.74) is -0.0794. The normalized spacial score (nSPS) is 11.2. The van der Waals surface area contributed by atoms with E-state index in [4.69, 9.17) is 44.6 Å². The summed E-state index contributed by atoms with van der Waals surface area (Å²) in [5.74, 6) is -1.13. The van der Waals surface area contributed by atoms with Gasteiger partial charge in [-0.25, -0.2) is 4.79 Å². The summed E-state index contributed by atoms with van der Waals surface area (Å²) in [4.78, 5) is 10.2. The Balaban J connectivity index is 3.58. The zero-order chi connectivity index (χ0) is 9.78. The Labute approximate surface area is 84.9 Å². The van der Waals surface area contributed by atoms with Crippen LogP contribution in [0.4, 0.5) is 0 Å². The summed E-state index contributed by atoms with van der Waals surface area (Å²) in [6.07, 6.45) is 0. The van der Waals surface area contributed by atoms with Crippen molar-refractivity contribution >= 4 is 40.8 Å². The average molecular weight is 233 g/mol. The molecule has 0 bridgehead atoms. The molecule has 0 rings (SSSR count). The Morgan fingerprint density at radius 1 is 1.50 bits per heavy atom. The van der Waals surface area contributed by atoms with E-state index in [0.717, 1.165) is 0 Å². The standard InChI is InChI=1S/C6H7Cl3O3/c1-4(5(10)11)2-12-3-6(7,8)9/h1-3H2,(H,10,11). The van der Waals surface area contributed by atoms with Gasteiger partial charge in [0.2, 0.25) is 3.79 Å². The quantitative estimate of drug-likeness (QED) is 0.597. The van der Waals surface area contributed by atoms with Gasteiger partial charge < -0.3 is 9.84 Å². The maximum Gasteiger partial charge on any atom is 0.333 e. The molecule has 0 unspecified atom stereocenters. The molecular formula is C6H7Cl3O3. The molecule has 0 spiro atoms. The smallest absolute Gasteiger partial charge is 0.333 e. The van der Waals surface area contributed by atoms with Crippen LogP contribution in [0.15, 0.2) is 12.2 Å². The number of hydrogen-bond acceptors (Lipinski definition) is 2. The van der Waals surface area contributed by atoms with E-state index in [-0.39, 0.29) is 18.8 Å². The molecule has 0 atom stereocenters. The first-order valence-corrected chi connectivity index (χ1v) is 4.02. The van der Waals surface area contributed by atoms with Crippen LogP contribution in [0.25, 0.3) is 0 Å². The van der Waals surface area contributed by atoms with E-state index < -0.39 is 9.76 Å². The highest BCUT2D eigenvalue weighted by Gasteiger charge is 2.20. The van der Waals surface area contributed by atoms with E-state index in [1.165, 1.54) is 0 Å². The molecule has 0 aromatic heterocycles. The molecule has 0 saturated carbocycles. The Kier molecular flexibility index (Phi) is 4.94. The van der Waals surface area contributed by atoms with Gasteiger partial charge in [-0.2, -0.15) is 0 Å². The monoisotopic (exact) mass is 232 g/mol. The Hall–Kier alpha value is 0.0400. The number of carboxylic acids is 1. The fraction of sp³-hybridized carbons (Fsp3) is 0.500.